The van der Waals surface area contributed by atoms with Gasteiger partial charge in [-0.05, 0) is 80.1 Å². The molecule has 7 nitrogen and oxygen atoms in total. The summed E-state index contributed by atoms with van der Waals surface area (Å²) in [5.41, 5.74) is 10.8. The Kier molecular flexibility index (Phi) is 9.07. The second kappa shape index (κ2) is 12.5. The van der Waals surface area contributed by atoms with Crippen LogP contribution in [0.1, 0.15) is 55.2 Å². The van der Waals surface area contributed by atoms with Gasteiger partial charge in [-0.3, -0.25) is 4.79 Å². The molecule has 0 saturated carbocycles. The number of likely N-dealkylation sites (tertiary alicyclic amines) is 1. The number of aromatic amines is 1. The Balaban J connectivity index is 1.26. The van der Waals surface area contributed by atoms with E-state index in [1.54, 1.807) is 17.3 Å². The third-order valence-corrected chi connectivity index (χ3v) is 7.24. The average Bonchev–Trinajstić information content (AvgIpc) is 3.25. The zero-order valence-corrected chi connectivity index (χ0v) is 22.8. The molecule has 0 spiro atoms. The van der Waals surface area contributed by atoms with Crippen molar-refractivity contribution in [3.05, 3.63) is 71.3 Å². The Hall–Kier alpha value is -3.36. The van der Waals surface area contributed by atoms with E-state index in [1.165, 1.54) is 30.3 Å². The van der Waals surface area contributed by atoms with E-state index in [2.05, 4.69) is 53.3 Å². The number of nitrogens with zero attached hydrogens (tertiary/aromatic N) is 2. The molecule has 1 aromatic heterocycles. The molecule has 1 aliphatic heterocycles. The highest BCUT2D eigenvalue weighted by atomic mass is 19.1. The highest BCUT2D eigenvalue weighted by molar-refractivity contribution is 6.06. The molecule has 3 aromatic rings. The van der Waals surface area contributed by atoms with Crippen LogP contribution in [0.15, 0.2) is 48.7 Å². The molecule has 0 unspecified atom stereocenters. The topological polar surface area (TPSA) is 103 Å². The normalized spacial score (nSPS) is 15.4. The van der Waals surface area contributed by atoms with Gasteiger partial charge in [0.25, 0.3) is 0 Å². The minimum atomic E-state index is -0.383. The zero-order valence-electron chi connectivity index (χ0n) is 22.8. The maximum Gasteiger partial charge on any atom is 0.176 e. The first kappa shape index (κ1) is 27.7. The number of nitrogens with one attached hydrogen (secondary N) is 2. The van der Waals surface area contributed by atoms with E-state index >= 15 is 0 Å². The summed E-state index contributed by atoms with van der Waals surface area (Å²) < 4.78 is 13.9. The van der Waals surface area contributed by atoms with Gasteiger partial charge in [-0.1, -0.05) is 26.0 Å². The third kappa shape index (κ3) is 7.14. The number of piperidine rings is 1. The summed E-state index contributed by atoms with van der Waals surface area (Å²) in [4.78, 5) is 17.7. The van der Waals surface area contributed by atoms with Gasteiger partial charge in [0, 0.05) is 54.9 Å². The van der Waals surface area contributed by atoms with Gasteiger partial charge in [0.05, 0.1) is 11.4 Å². The number of Topliss-reactive ketones (excluding diaryl/α,β-unsaturated/α-hetero) is 1. The van der Waals surface area contributed by atoms with Crippen molar-refractivity contribution in [2.75, 3.05) is 38.0 Å². The fraction of sp³-hybridized carbons (Fsp3) is 0.433. The number of carbonyl (C=O) groups excluding carboxylic acids is 1. The van der Waals surface area contributed by atoms with Crippen LogP contribution in [-0.4, -0.2) is 53.4 Å². The summed E-state index contributed by atoms with van der Waals surface area (Å²) in [5.74, 6) is 6.89. The Morgan fingerprint density at radius 1 is 1.21 bits per heavy atom. The van der Waals surface area contributed by atoms with Gasteiger partial charge in [0.15, 0.2) is 5.78 Å². The molecule has 204 valence electrons. The van der Waals surface area contributed by atoms with Crippen LogP contribution in [0.3, 0.4) is 0 Å². The molecule has 4 rings (SSSR count). The molecular weight excluding hydrogens is 479 g/mol. The maximum atomic E-state index is 13.9. The summed E-state index contributed by atoms with van der Waals surface area (Å²) in [6.45, 7) is 10.6. The molecule has 1 saturated heterocycles. The number of benzene rings is 2. The number of hydrogen-bond donors (Lipinski definition) is 4. The highest BCUT2D eigenvalue weighted by Crippen LogP contribution is 2.28. The lowest BCUT2D eigenvalue weighted by Crippen LogP contribution is -2.41. The third-order valence-electron chi connectivity index (χ3n) is 7.24. The van der Waals surface area contributed by atoms with Crippen LogP contribution in [0, 0.1) is 17.7 Å². The van der Waals surface area contributed by atoms with Gasteiger partial charge in [0.1, 0.15) is 5.82 Å². The van der Waals surface area contributed by atoms with Crippen molar-refractivity contribution in [3.63, 3.8) is 0 Å². The SMILES string of the molecule is CC(=O)c1[nH]c2ccc(F)cc2c1/C(N)=C/N(N)CC1CCN(CCNc2ccc(CC(C)C)cc2)CC1. The molecule has 2 heterocycles. The Bertz CT molecular complexity index is 1260. The van der Waals surface area contributed by atoms with E-state index in [0.29, 0.717) is 46.2 Å². The van der Waals surface area contributed by atoms with Crippen LogP contribution in [0.25, 0.3) is 16.6 Å². The van der Waals surface area contributed by atoms with Crippen LogP contribution in [0.5, 0.6) is 0 Å². The van der Waals surface area contributed by atoms with Gasteiger partial charge in [0.2, 0.25) is 0 Å². The minimum absolute atomic E-state index is 0.165. The smallest absolute Gasteiger partial charge is 0.176 e. The predicted octanol–water partition coefficient (Wildman–Crippen LogP) is 4.97. The first-order valence-electron chi connectivity index (χ1n) is 13.6. The van der Waals surface area contributed by atoms with Gasteiger partial charge in [-0.15, -0.1) is 0 Å². The van der Waals surface area contributed by atoms with Crippen LogP contribution in [0.2, 0.25) is 0 Å². The number of nitrogens with two attached hydrogens (primary N) is 2. The van der Waals surface area contributed by atoms with Gasteiger partial charge >= 0.3 is 0 Å². The molecule has 8 heteroatoms. The van der Waals surface area contributed by atoms with E-state index in [1.807, 2.05) is 0 Å². The number of aromatic nitrogens is 1. The molecule has 1 aliphatic rings. The molecular formula is C30H41FN6O. The summed E-state index contributed by atoms with van der Waals surface area (Å²) in [5, 5.41) is 5.71. The monoisotopic (exact) mass is 520 g/mol. The summed E-state index contributed by atoms with van der Waals surface area (Å²) >= 11 is 0. The van der Waals surface area contributed by atoms with Crippen molar-refractivity contribution >= 4 is 28.1 Å². The second-order valence-corrected chi connectivity index (χ2v) is 10.9. The van der Waals surface area contributed by atoms with Crippen molar-refractivity contribution < 1.29 is 9.18 Å². The van der Waals surface area contributed by atoms with E-state index in [9.17, 15) is 9.18 Å². The number of anilines is 1. The maximum absolute atomic E-state index is 13.9. The molecule has 2 aromatic carbocycles. The molecule has 6 N–H and O–H groups in total. The van der Waals surface area contributed by atoms with Crippen molar-refractivity contribution in [2.45, 2.75) is 40.0 Å². The van der Waals surface area contributed by atoms with E-state index in [-0.39, 0.29) is 11.6 Å². The van der Waals surface area contributed by atoms with E-state index in [4.69, 9.17) is 11.6 Å². The molecule has 0 amide bonds. The lowest BCUT2D eigenvalue weighted by atomic mass is 9.96. The first-order chi connectivity index (χ1) is 18.2. The highest BCUT2D eigenvalue weighted by Gasteiger charge is 2.21. The van der Waals surface area contributed by atoms with Gasteiger partial charge in [-0.2, -0.15) is 0 Å². The quantitative estimate of drug-likeness (QED) is 0.162. The molecule has 0 atom stereocenters. The van der Waals surface area contributed by atoms with Crippen LogP contribution >= 0.6 is 0 Å². The molecule has 0 aliphatic carbocycles. The Morgan fingerprint density at radius 3 is 2.58 bits per heavy atom. The largest absolute Gasteiger partial charge is 0.397 e. The number of hydrogen-bond acceptors (Lipinski definition) is 6. The predicted molar refractivity (Wildman–Crippen MR) is 154 cm³/mol. The number of rotatable bonds is 11. The minimum Gasteiger partial charge on any atom is -0.397 e. The van der Waals surface area contributed by atoms with E-state index < -0.39 is 0 Å². The van der Waals surface area contributed by atoms with Crippen LogP contribution in [0.4, 0.5) is 10.1 Å². The lowest BCUT2D eigenvalue weighted by Gasteiger charge is -2.33. The van der Waals surface area contributed by atoms with E-state index in [0.717, 1.165) is 45.4 Å². The summed E-state index contributed by atoms with van der Waals surface area (Å²) in [6, 6.07) is 13.1. The van der Waals surface area contributed by atoms with Gasteiger partial charge < -0.3 is 25.9 Å². The fourth-order valence-corrected chi connectivity index (χ4v) is 5.30. The lowest BCUT2D eigenvalue weighted by molar-refractivity contribution is 0.101. The molecule has 0 bridgehead atoms. The second-order valence-electron chi connectivity index (χ2n) is 10.9. The first-order valence-corrected chi connectivity index (χ1v) is 13.6. The molecule has 38 heavy (non-hydrogen) atoms. The number of carbonyl (C=O) groups is 1. The Labute approximate surface area is 225 Å². The van der Waals surface area contributed by atoms with Crippen molar-refractivity contribution in [1.29, 1.82) is 0 Å². The van der Waals surface area contributed by atoms with Crippen LogP contribution < -0.4 is 16.9 Å². The molecule has 1 fully saturated rings. The fourth-order valence-electron chi connectivity index (χ4n) is 5.30. The number of halogens is 1. The van der Waals surface area contributed by atoms with Crippen LogP contribution in [-0.2, 0) is 6.42 Å². The summed E-state index contributed by atoms with van der Waals surface area (Å²) in [6.07, 6.45) is 4.88. The summed E-state index contributed by atoms with van der Waals surface area (Å²) in [7, 11) is 0. The van der Waals surface area contributed by atoms with Gasteiger partial charge in [-0.25, -0.2) is 10.2 Å². The molecule has 0 radical (unpaired) electrons. The zero-order chi connectivity index (χ0) is 27.2. The van der Waals surface area contributed by atoms with Crippen molar-refractivity contribution in [2.24, 2.45) is 23.4 Å². The number of hydrazine groups is 1. The number of fused-ring (bicyclic) bond motifs is 1. The number of ketones is 1. The Morgan fingerprint density at radius 2 is 1.92 bits per heavy atom. The number of H-pyrrole nitrogens is 1. The average molecular weight is 521 g/mol. The standard InChI is InChI=1S/C30H41FN6O/c1-20(2)16-22-4-7-25(8-5-22)34-12-15-36-13-10-23(11-14-36)18-37(33)19-27(32)29-26-17-24(31)6-9-28(26)35-30(29)21(3)38/h4-9,17,19-20,23,34-35H,10-16,18,32-33H2,1-3H3/b27-19-. The van der Waals surface area contributed by atoms with Crippen molar-refractivity contribution in [3.8, 4) is 0 Å². The van der Waals surface area contributed by atoms with Crippen molar-refractivity contribution in [1.82, 2.24) is 14.9 Å².